The summed E-state index contributed by atoms with van der Waals surface area (Å²) in [6, 6.07) is 21.4. The minimum Gasteiger partial charge on any atom is -0.455 e. The van der Waals surface area contributed by atoms with Crippen molar-refractivity contribution in [3.63, 3.8) is 0 Å². The van der Waals surface area contributed by atoms with Crippen LogP contribution in [0, 0.1) is 11.8 Å². The number of nitrogens with zero attached hydrogens (tertiary/aromatic N) is 2. The molecular weight excluding hydrogens is 452 g/mol. The summed E-state index contributed by atoms with van der Waals surface area (Å²) in [5, 5.41) is 5.97. The molecule has 0 radical (unpaired) electrons. The van der Waals surface area contributed by atoms with Gasteiger partial charge in [0, 0.05) is 11.1 Å². The summed E-state index contributed by atoms with van der Waals surface area (Å²) < 4.78 is 7.05. The third kappa shape index (κ3) is 4.62. The summed E-state index contributed by atoms with van der Waals surface area (Å²) >= 11 is 8.09. The smallest absolute Gasteiger partial charge is 0.151 e. The zero-order valence-corrected chi connectivity index (χ0v) is 19.2. The Balaban J connectivity index is 1.41. The van der Waals surface area contributed by atoms with Gasteiger partial charge < -0.3 is 15.8 Å². The molecule has 0 amide bonds. The predicted octanol–water partition coefficient (Wildman–Crippen LogP) is 6.73. The Bertz CT molecular complexity index is 1530. The lowest BCUT2D eigenvalue weighted by molar-refractivity contribution is 0.488. The molecule has 3 N–H and O–H groups in total. The third-order valence-corrected chi connectivity index (χ3v) is 6.24. The second-order valence-corrected chi connectivity index (χ2v) is 8.91. The number of rotatable bonds is 4. The molecule has 0 spiro atoms. The Morgan fingerprint density at radius 1 is 1.03 bits per heavy atom. The highest BCUT2D eigenvalue weighted by Gasteiger charge is 2.11. The Labute approximate surface area is 200 Å². The van der Waals surface area contributed by atoms with E-state index >= 15 is 0 Å². The second-order valence-electron chi connectivity index (χ2n) is 7.45. The monoisotopic (exact) mass is 470 g/mol. The van der Waals surface area contributed by atoms with Gasteiger partial charge in [0.25, 0.3) is 0 Å². The quantitative estimate of drug-likeness (QED) is 0.285. The average Bonchev–Trinajstić information content (AvgIpc) is 3.24. The largest absolute Gasteiger partial charge is 0.455 e. The van der Waals surface area contributed by atoms with Crippen molar-refractivity contribution in [3.05, 3.63) is 83.0 Å². The van der Waals surface area contributed by atoms with Crippen molar-refractivity contribution in [2.75, 3.05) is 5.32 Å². The van der Waals surface area contributed by atoms with E-state index in [9.17, 15) is 0 Å². The number of ether oxygens (including phenoxy) is 1. The number of aromatic nitrogens is 2. The van der Waals surface area contributed by atoms with Crippen molar-refractivity contribution in [2.45, 2.75) is 13.0 Å². The molecule has 5 aromatic rings. The molecule has 0 unspecified atom stereocenters. The van der Waals surface area contributed by atoms with Gasteiger partial charge in [-0.15, -0.1) is 11.3 Å². The first kappa shape index (κ1) is 21.2. The molecule has 0 saturated heterocycles. The van der Waals surface area contributed by atoms with E-state index in [2.05, 4.69) is 39.3 Å². The zero-order valence-electron chi connectivity index (χ0n) is 17.7. The lowest BCUT2D eigenvalue weighted by atomic mass is 10.1. The van der Waals surface area contributed by atoms with Gasteiger partial charge >= 0.3 is 0 Å². The van der Waals surface area contributed by atoms with Crippen LogP contribution in [0.5, 0.6) is 11.5 Å². The summed E-state index contributed by atoms with van der Waals surface area (Å²) in [6.07, 6.45) is 1.53. The molecule has 0 saturated carbocycles. The lowest BCUT2D eigenvalue weighted by Crippen LogP contribution is -2.10. The van der Waals surface area contributed by atoms with E-state index in [4.69, 9.17) is 22.1 Å². The number of nitrogens with two attached hydrogens (primary N) is 1. The first-order valence-corrected chi connectivity index (χ1v) is 11.5. The molecule has 0 aliphatic rings. The van der Waals surface area contributed by atoms with Crippen molar-refractivity contribution in [1.29, 1.82) is 0 Å². The Kier molecular flexibility index (Phi) is 5.84. The van der Waals surface area contributed by atoms with Crippen molar-refractivity contribution < 1.29 is 4.74 Å². The van der Waals surface area contributed by atoms with Crippen LogP contribution < -0.4 is 15.8 Å². The van der Waals surface area contributed by atoms with Gasteiger partial charge in [0.2, 0.25) is 0 Å². The fourth-order valence-corrected chi connectivity index (χ4v) is 4.53. The van der Waals surface area contributed by atoms with E-state index < -0.39 is 0 Å². The van der Waals surface area contributed by atoms with Gasteiger partial charge in [-0.3, -0.25) is 0 Å². The number of thiophene rings is 1. The molecule has 3 aromatic carbocycles. The average molecular weight is 471 g/mol. The summed E-state index contributed by atoms with van der Waals surface area (Å²) in [7, 11) is 0. The number of anilines is 2. The molecule has 1 atom stereocenters. The second kappa shape index (κ2) is 9.08. The summed E-state index contributed by atoms with van der Waals surface area (Å²) in [6.45, 7) is 1.85. The van der Waals surface area contributed by atoms with Crippen LogP contribution in [-0.2, 0) is 0 Å². The highest BCUT2D eigenvalue weighted by Crippen LogP contribution is 2.36. The van der Waals surface area contributed by atoms with Crippen molar-refractivity contribution in [2.24, 2.45) is 5.73 Å². The maximum atomic E-state index is 6.56. The maximum Gasteiger partial charge on any atom is 0.151 e. The van der Waals surface area contributed by atoms with Crippen LogP contribution in [0.15, 0.2) is 73.1 Å². The molecule has 7 heteroatoms. The van der Waals surface area contributed by atoms with Crippen molar-refractivity contribution in [3.8, 4) is 23.3 Å². The molecule has 0 fully saturated rings. The topological polar surface area (TPSA) is 73.1 Å². The molecule has 0 aliphatic carbocycles. The number of halogens is 1. The summed E-state index contributed by atoms with van der Waals surface area (Å²) in [4.78, 5) is 9.65. The Hall–Kier alpha value is -3.63. The molecule has 162 valence electrons. The Morgan fingerprint density at radius 3 is 2.73 bits per heavy atom. The Morgan fingerprint density at radius 2 is 1.88 bits per heavy atom. The van der Waals surface area contributed by atoms with Gasteiger partial charge in [-0.05, 0) is 42.6 Å². The molecular formula is C26H19ClN4OS. The normalized spacial score (nSPS) is 11.7. The highest BCUT2D eigenvalue weighted by atomic mass is 35.5. The number of fused-ring (bicyclic) bond motifs is 2. The fourth-order valence-electron chi connectivity index (χ4n) is 3.39. The van der Waals surface area contributed by atoms with E-state index in [0.717, 1.165) is 37.3 Å². The van der Waals surface area contributed by atoms with E-state index in [1.807, 2.05) is 61.5 Å². The van der Waals surface area contributed by atoms with Gasteiger partial charge in [0.05, 0.1) is 26.2 Å². The third-order valence-electron chi connectivity index (χ3n) is 4.90. The van der Waals surface area contributed by atoms with Gasteiger partial charge in [0.15, 0.2) is 5.82 Å². The van der Waals surface area contributed by atoms with Crippen LogP contribution in [0.4, 0.5) is 11.5 Å². The van der Waals surface area contributed by atoms with Crippen molar-refractivity contribution in [1.82, 2.24) is 9.97 Å². The summed E-state index contributed by atoms with van der Waals surface area (Å²) in [5.41, 5.74) is 7.36. The van der Waals surface area contributed by atoms with Crippen LogP contribution in [0.3, 0.4) is 0 Å². The van der Waals surface area contributed by atoms with Crippen LogP contribution in [0.25, 0.3) is 21.0 Å². The fraction of sp³-hybridized carbons (Fsp3) is 0.0769. The number of hydrogen-bond donors (Lipinski definition) is 2. The van der Waals surface area contributed by atoms with Gasteiger partial charge in [-0.2, -0.15) is 0 Å². The molecule has 0 bridgehead atoms. The maximum absolute atomic E-state index is 6.56. The van der Waals surface area contributed by atoms with Crippen molar-refractivity contribution >= 4 is 55.4 Å². The van der Waals surface area contributed by atoms with E-state index in [1.54, 1.807) is 0 Å². The molecule has 5 rings (SSSR count). The lowest BCUT2D eigenvalue weighted by Gasteiger charge is -2.12. The van der Waals surface area contributed by atoms with Gasteiger partial charge in [-0.25, -0.2) is 9.97 Å². The highest BCUT2D eigenvalue weighted by molar-refractivity contribution is 7.20. The molecule has 33 heavy (non-hydrogen) atoms. The summed E-state index contributed by atoms with van der Waals surface area (Å²) in [5.74, 6) is 8.09. The number of benzene rings is 3. The first-order valence-electron chi connectivity index (χ1n) is 10.3. The SMILES string of the molecule is C[C@@H](N)C#Cc1cc2ncnc(Nc3ccc(Oc4cccc5ccccc45)c(Cl)c3)c2s1. The molecule has 2 heterocycles. The molecule has 0 aliphatic heterocycles. The molecule has 5 nitrogen and oxygen atoms in total. The van der Waals surface area contributed by atoms with Gasteiger partial charge in [0.1, 0.15) is 17.8 Å². The predicted molar refractivity (Wildman–Crippen MR) is 137 cm³/mol. The van der Waals surface area contributed by atoms with Crippen LogP contribution >= 0.6 is 22.9 Å². The van der Waals surface area contributed by atoms with Crippen LogP contribution in [0.1, 0.15) is 11.8 Å². The molecule has 2 aromatic heterocycles. The number of nitrogens with one attached hydrogen (secondary N) is 1. The van der Waals surface area contributed by atoms with Crippen LogP contribution in [-0.4, -0.2) is 16.0 Å². The van der Waals surface area contributed by atoms with Gasteiger partial charge in [-0.1, -0.05) is 59.8 Å². The zero-order chi connectivity index (χ0) is 22.8. The standard InChI is InChI=1S/C26H19ClN4OS/c1-16(28)9-11-19-14-22-25(33-19)26(30-15-29-22)31-18-10-12-24(21(27)13-18)32-23-8-4-6-17-5-2-3-7-20(17)23/h2-8,10,12-16H,28H2,1H3,(H,29,30,31)/t16-/m1/s1. The minimum atomic E-state index is -0.185. The van der Waals surface area contributed by atoms with E-state index in [1.165, 1.54) is 17.7 Å². The van der Waals surface area contributed by atoms with Crippen LogP contribution in [0.2, 0.25) is 5.02 Å². The minimum absolute atomic E-state index is 0.185. The first-order chi connectivity index (χ1) is 16.1. The van der Waals surface area contributed by atoms with E-state index in [0.29, 0.717) is 16.6 Å². The van der Waals surface area contributed by atoms with E-state index in [-0.39, 0.29) is 6.04 Å². The number of hydrogen-bond acceptors (Lipinski definition) is 6.